The summed E-state index contributed by atoms with van der Waals surface area (Å²) in [7, 11) is 0. The first kappa shape index (κ1) is 16.8. The number of hydrogen-bond donors (Lipinski definition) is 2. The number of benzene rings is 2. The molecule has 5 nitrogen and oxygen atoms in total. The number of urea groups is 1. The Labute approximate surface area is 146 Å². The molecule has 1 atom stereocenters. The summed E-state index contributed by atoms with van der Waals surface area (Å²) in [5.74, 6) is -0.421. The van der Waals surface area contributed by atoms with Crippen molar-refractivity contribution in [2.75, 3.05) is 6.61 Å². The van der Waals surface area contributed by atoms with Crippen LogP contribution in [-0.4, -0.2) is 18.6 Å². The van der Waals surface area contributed by atoms with E-state index in [0.29, 0.717) is 17.7 Å². The van der Waals surface area contributed by atoms with Gasteiger partial charge in [-0.05, 0) is 18.1 Å². The van der Waals surface area contributed by atoms with Gasteiger partial charge in [0.2, 0.25) is 0 Å². The van der Waals surface area contributed by atoms with Crippen molar-refractivity contribution in [3.05, 3.63) is 83.1 Å². The van der Waals surface area contributed by atoms with Gasteiger partial charge in [-0.15, -0.1) is 0 Å². The SMILES string of the molecule is CC1=C(C(=O)OCCc2ccccc2)C(c2ccccc2)NC(=O)N1. The third-order valence-corrected chi connectivity index (χ3v) is 4.09. The zero-order chi connectivity index (χ0) is 17.6. The van der Waals surface area contributed by atoms with Crippen LogP contribution in [0.3, 0.4) is 0 Å². The fourth-order valence-electron chi connectivity index (χ4n) is 2.84. The maximum atomic E-state index is 12.6. The second-order valence-electron chi connectivity index (χ2n) is 5.85. The monoisotopic (exact) mass is 336 g/mol. The highest BCUT2D eigenvalue weighted by atomic mass is 16.5. The van der Waals surface area contributed by atoms with Crippen molar-refractivity contribution >= 4 is 12.0 Å². The van der Waals surface area contributed by atoms with Gasteiger partial charge in [0.05, 0.1) is 18.2 Å². The number of carbonyl (C=O) groups excluding carboxylic acids is 2. The molecule has 1 aliphatic heterocycles. The summed E-state index contributed by atoms with van der Waals surface area (Å²) in [6.07, 6.45) is 0.648. The summed E-state index contributed by atoms with van der Waals surface area (Å²) in [5, 5.41) is 5.44. The van der Waals surface area contributed by atoms with Crippen molar-refractivity contribution in [1.29, 1.82) is 0 Å². The molecule has 0 fully saturated rings. The third-order valence-electron chi connectivity index (χ3n) is 4.09. The maximum absolute atomic E-state index is 12.6. The van der Waals surface area contributed by atoms with Crippen LogP contribution in [0.2, 0.25) is 0 Å². The van der Waals surface area contributed by atoms with Gasteiger partial charge in [-0.3, -0.25) is 0 Å². The number of carbonyl (C=O) groups is 2. The summed E-state index contributed by atoms with van der Waals surface area (Å²) in [5.41, 5.74) is 2.89. The van der Waals surface area contributed by atoms with Crippen LogP contribution in [0.15, 0.2) is 71.9 Å². The van der Waals surface area contributed by atoms with Gasteiger partial charge in [-0.2, -0.15) is 0 Å². The quantitative estimate of drug-likeness (QED) is 0.825. The molecule has 3 rings (SSSR count). The largest absolute Gasteiger partial charge is 0.462 e. The Kier molecular flexibility index (Phi) is 5.14. The number of rotatable bonds is 5. The first-order valence-corrected chi connectivity index (χ1v) is 8.19. The number of nitrogens with one attached hydrogen (secondary N) is 2. The van der Waals surface area contributed by atoms with E-state index in [1.807, 2.05) is 60.7 Å². The lowest BCUT2D eigenvalue weighted by Crippen LogP contribution is -2.45. The molecule has 2 N–H and O–H groups in total. The van der Waals surface area contributed by atoms with Gasteiger partial charge < -0.3 is 15.4 Å². The highest BCUT2D eigenvalue weighted by Gasteiger charge is 2.31. The number of esters is 1. The van der Waals surface area contributed by atoms with E-state index in [1.165, 1.54) is 0 Å². The lowest BCUT2D eigenvalue weighted by atomic mass is 9.96. The Hall–Kier alpha value is -3.08. The summed E-state index contributed by atoms with van der Waals surface area (Å²) in [6.45, 7) is 2.00. The highest BCUT2D eigenvalue weighted by molar-refractivity contribution is 5.95. The smallest absolute Gasteiger partial charge is 0.338 e. The molecule has 1 heterocycles. The predicted molar refractivity (Wildman–Crippen MR) is 94.7 cm³/mol. The van der Waals surface area contributed by atoms with E-state index in [-0.39, 0.29) is 12.6 Å². The Morgan fingerprint density at radius 3 is 2.36 bits per heavy atom. The lowest BCUT2D eigenvalue weighted by Gasteiger charge is -2.28. The molecule has 0 aromatic heterocycles. The molecule has 0 saturated heterocycles. The second kappa shape index (κ2) is 7.66. The molecule has 0 saturated carbocycles. The van der Waals surface area contributed by atoms with Crippen molar-refractivity contribution < 1.29 is 14.3 Å². The molecule has 2 aromatic carbocycles. The van der Waals surface area contributed by atoms with Gasteiger partial charge in [0.15, 0.2) is 0 Å². The maximum Gasteiger partial charge on any atom is 0.338 e. The minimum absolute atomic E-state index is 0.287. The Bertz CT molecular complexity index is 785. The molecule has 0 spiro atoms. The van der Waals surface area contributed by atoms with Crippen molar-refractivity contribution in [3.63, 3.8) is 0 Å². The topological polar surface area (TPSA) is 67.4 Å². The molecule has 25 heavy (non-hydrogen) atoms. The summed E-state index contributed by atoms with van der Waals surface area (Å²) in [6, 6.07) is 18.4. The van der Waals surface area contributed by atoms with E-state index in [9.17, 15) is 9.59 Å². The number of ether oxygens (including phenoxy) is 1. The molecule has 0 aliphatic carbocycles. The van der Waals surface area contributed by atoms with Crippen LogP contribution in [0.25, 0.3) is 0 Å². The van der Waals surface area contributed by atoms with E-state index in [1.54, 1.807) is 6.92 Å². The fraction of sp³-hybridized carbons (Fsp3) is 0.200. The first-order chi connectivity index (χ1) is 12.1. The second-order valence-corrected chi connectivity index (χ2v) is 5.85. The molecule has 0 bridgehead atoms. The van der Waals surface area contributed by atoms with E-state index >= 15 is 0 Å². The number of amides is 2. The molecule has 2 aromatic rings. The minimum atomic E-state index is -0.515. The fourth-order valence-corrected chi connectivity index (χ4v) is 2.84. The molecule has 1 unspecified atom stereocenters. The van der Waals surface area contributed by atoms with Crippen LogP contribution in [0.5, 0.6) is 0 Å². The highest BCUT2D eigenvalue weighted by Crippen LogP contribution is 2.27. The first-order valence-electron chi connectivity index (χ1n) is 8.19. The van der Waals surface area contributed by atoms with Crippen molar-refractivity contribution in [2.45, 2.75) is 19.4 Å². The van der Waals surface area contributed by atoms with Crippen molar-refractivity contribution in [3.8, 4) is 0 Å². The number of hydrogen-bond acceptors (Lipinski definition) is 3. The Morgan fingerprint density at radius 1 is 1.04 bits per heavy atom. The van der Waals surface area contributed by atoms with Gasteiger partial charge in [-0.1, -0.05) is 60.7 Å². The average molecular weight is 336 g/mol. The van der Waals surface area contributed by atoms with Crippen LogP contribution in [-0.2, 0) is 16.0 Å². The third kappa shape index (κ3) is 4.07. The van der Waals surface area contributed by atoms with E-state index < -0.39 is 12.0 Å². The van der Waals surface area contributed by atoms with E-state index in [2.05, 4.69) is 10.6 Å². The van der Waals surface area contributed by atoms with Crippen molar-refractivity contribution in [2.24, 2.45) is 0 Å². The normalized spacial score (nSPS) is 16.8. The van der Waals surface area contributed by atoms with Gasteiger partial charge in [-0.25, -0.2) is 9.59 Å². The summed E-state index contributed by atoms with van der Waals surface area (Å²) in [4.78, 5) is 24.4. The van der Waals surface area contributed by atoms with Crippen LogP contribution >= 0.6 is 0 Å². The molecule has 1 aliphatic rings. The molecule has 0 radical (unpaired) electrons. The molecule has 5 heteroatoms. The van der Waals surface area contributed by atoms with Gasteiger partial charge >= 0.3 is 12.0 Å². The van der Waals surface area contributed by atoms with Crippen LogP contribution in [0.1, 0.15) is 24.1 Å². The minimum Gasteiger partial charge on any atom is -0.462 e. The standard InChI is InChI=1S/C20H20N2O3/c1-14-17(19(23)25-13-12-15-8-4-2-5-9-15)18(22-20(24)21-14)16-10-6-3-7-11-16/h2-11,18H,12-13H2,1H3,(H2,21,22,24). The molecular weight excluding hydrogens is 316 g/mol. The van der Waals surface area contributed by atoms with Crippen LogP contribution in [0, 0.1) is 0 Å². The zero-order valence-electron chi connectivity index (χ0n) is 14.0. The van der Waals surface area contributed by atoms with Gasteiger partial charge in [0, 0.05) is 12.1 Å². The molecule has 2 amide bonds. The molecular formula is C20H20N2O3. The van der Waals surface area contributed by atoms with E-state index in [0.717, 1.165) is 11.1 Å². The summed E-state index contributed by atoms with van der Waals surface area (Å²) >= 11 is 0. The zero-order valence-corrected chi connectivity index (χ0v) is 14.0. The molecule has 128 valence electrons. The van der Waals surface area contributed by atoms with E-state index in [4.69, 9.17) is 4.74 Å². The predicted octanol–water partition coefficient (Wildman–Crippen LogP) is 3.10. The Balaban J connectivity index is 1.73. The summed E-state index contributed by atoms with van der Waals surface area (Å²) < 4.78 is 5.45. The van der Waals surface area contributed by atoms with Gasteiger partial charge in [0.1, 0.15) is 0 Å². The lowest BCUT2D eigenvalue weighted by molar-refractivity contribution is -0.139. The average Bonchev–Trinajstić information content (AvgIpc) is 2.62. The Morgan fingerprint density at radius 2 is 1.68 bits per heavy atom. The van der Waals surface area contributed by atoms with Gasteiger partial charge in [0.25, 0.3) is 0 Å². The van der Waals surface area contributed by atoms with Crippen LogP contribution in [0.4, 0.5) is 4.79 Å². The van der Waals surface area contributed by atoms with Crippen LogP contribution < -0.4 is 10.6 Å². The number of allylic oxidation sites excluding steroid dienone is 1. The van der Waals surface area contributed by atoms with Crippen molar-refractivity contribution in [1.82, 2.24) is 10.6 Å².